The molecule has 27 heavy (non-hydrogen) atoms. The molecule has 0 radical (unpaired) electrons. The van der Waals surface area contributed by atoms with Crippen molar-refractivity contribution in [3.8, 4) is 11.5 Å². The van der Waals surface area contributed by atoms with Gasteiger partial charge in [-0.3, -0.25) is 9.53 Å². The van der Waals surface area contributed by atoms with E-state index in [0.29, 0.717) is 24.4 Å². The monoisotopic (exact) mass is 403 g/mol. The normalized spacial score (nSPS) is 20.5. The number of carbonyl (C=O) groups excluding carboxylic acids is 1. The first-order valence-electron chi connectivity index (χ1n) is 8.27. The van der Waals surface area contributed by atoms with Gasteiger partial charge in [0.15, 0.2) is 11.5 Å². The molecule has 0 unspecified atom stereocenters. The van der Waals surface area contributed by atoms with Crippen LogP contribution < -0.4 is 5.32 Å². The summed E-state index contributed by atoms with van der Waals surface area (Å²) in [6.07, 6.45) is 0.133. The van der Waals surface area contributed by atoms with Crippen molar-refractivity contribution in [2.24, 2.45) is 7.05 Å². The third-order valence-electron chi connectivity index (χ3n) is 4.31. The second-order valence-electron chi connectivity index (χ2n) is 6.29. The van der Waals surface area contributed by atoms with E-state index in [1.165, 1.54) is 6.20 Å². The van der Waals surface area contributed by atoms with Crippen molar-refractivity contribution in [2.45, 2.75) is 44.2 Å². The van der Waals surface area contributed by atoms with Crippen LogP contribution in [0.3, 0.4) is 0 Å². The molecule has 0 bridgehead atoms. The van der Waals surface area contributed by atoms with Gasteiger partial charge in [-0.25, -0.2) is 15.0 Å². The maximum atomic E-state index is 12.5. The fourth-order valence-corrected chi connectivity index (χ4v) is 3.17. The van der Waals surface area contributed by atoms with Crippen molar-refractivity contribution >= 4 is 17.5 Å². The summed E-state index contributed by atoms with van der Waals surface area (Å²) in [6.45, 7) is 0. The Morgan fingerprint density at radius 3 is 2.59 bits per heavy atom. The highest BCUT2D eigenvalue weighted by Crippen LogP contribution is 2.28. The molecule has 3 rings (SSSR count). The minimum Gasteiger partial charge on any atom is -0.348 e. The number of ether oxygens (including phenoxy) is 1. The van der Waals surface area contributed by atoms with E-state index in [2.05, 4.69) is 25.0 Å². The lowest BCUT2D eigenvalue weighted by atomic mass is 9.93. The Kier molecular flexibility index (Phi) is 5.66. The summed E-state index contributed by atoms with van der Waals surface area (Å²) in [5.74, 6) is -0.196. The van der Waals surface area contributed by atoms with Crippen molar-refractivity contribution in [3.63, 3.8) is 0 Å². The number of carbonyl (C=O) groups is 1. The van der Waals surface area contributed by atoms with Crippen LogP contribution in [0.15, 0.2) is 18.7 Å². The highest BCUT2D eigenvalue weighted by Gasteiger charge is 2.35. The zero-order chi connectivity index (χ0) is 19.6. The summed E-state index contributed by atoms with van der Waals surface area (Å²) < 4.78 is 42.5. The molecule has 0 aliphatic heterocycles. The van der Waals surface area contributed by atoms with E-state index in [9.17, 15) is 18.0 Å². The van der Waals surface area contributed by atoms with E-state index in [4.69, 9.17) is 11.6 Å². The van der Waals surface area contributed by atoms with Gasteiger partial charge >= 0.3 is 6.36 Å². The molecule has 2 aromatic rings. The van der Waals surface area contributed by atoms with Gasteiger partial charge in [0.1, 0.15) is 5.69 Å². The predicted molar refractivity (Wildman–Crippen MR) is 89.9 cm³/mol. The van der Waals surface area contributed by atoms with Crippen LogP contribution in [0.2, 0.25) is 5.02 Å². The molecule has 7 nitrogen and oxygen atoms in total. The summed E-state index contributed by atoms with van der Waals surface area (Å²) in [4.78, 5) is 24.8. The van der Waals surface area contributed by atoms with E-state index in [0.717, 1.165) is 0 Å². The minimum absolute atomic E-state index is 0.0107. The smallest absolute Gasteiger partial charge is 0.348 e. The highest BCUT2D eigenvalue weighted by molar-refractivity contribution is 6.33. The predicted octanol–water partition coefficient (Wildman–Crippen LogP) is 3.11. The molecule has 2 aromatic heterocycles. The number of rotatable bonds is 4. The molecule has 1 aliphatic rings. The first-order valence-corrected chi connectivity index (χ1v) is 8.65. The minimum atomic E-state index is -4.64. The number of hydrogen-bond donors (Lipinski definition) is 1. The molecule has 0 spiro atoms. The summed E-state index contributed by atoms with van der Waals surface area (Å²) in [5.41, 5.74) is 0.627. The molecule has 0 saturated heterocycles. The van der Waals surface area contributed by atoms with E-state index < -0.39 is 18.4 Å². The molecule has 11 heteroatoms. The second kappa shape index (κ2) is 7.81. The molecule has 0 atom stereocenters. The summed E-state index contributed by atoms with van der Waals surface area (Å²) in [5, 5.41) is 2.86. The average Bonchev–Trinajstić information content (AvgIpc) is 3.02. The topological polar surface area (TPSA) is 81.9 Å². The average molecular weight is 404 g/mol. The van der Waals surface area contributed by atoms with Crippen LogP contribution in [0.4, 0.5) is 13.2 Å². The van der Waals surface area contributed by atoms with Crippen LogP contribution in [-0.4, -0.2) is 43.9 Å². The van der Waals surface area contributed by atoms with Crippen LogP contribution in [0.25, 0.3) is 11.5 Å². The van der Waals surface area contributed by atoms with Crippen LogP contribution in [-0.2, 0) is 11.8 Å². The van der Waals surface area contributed by atoms with Gasteiger partial charge in [-0.1, -0.05) is 11.6 Å². The fourth-order valence-electron chi connectivity index (χ4n) is 2.99. The molecule has 146 valence electrons. The zero-order valence-corrected chi connectivity index (χ0v) is 15.1. The molecule has 2 heterocycles. The van der Waals surface area contributed by atoms with Crippen LogP contribution in [0.1, 0.15) is 36.2 Å². The lowest BCUT2D eigenvalue weighted by Crippen LogP contribution is -2.40. The number of nitrogens with one attached hydrogen (secondary N) is 1. The Balaban J connectivity index is 1.64. The van der Waals surface area contributed by atoms with Crippen molar-refractivity contribution in [1.82, 2.24) is 24.8 Å². The zero-order valence-electron chi connectivity index (χ0n) is 14.3. The van der Waals surface area contributed by atoms with Crippen LogP contribution >= 0.6 is 11.6 Å². The van der Waals surface area contributed by atoms with Gasteiger partial charge in [0.2, 0.25) is 0 Å². The SMILES string of the molecule is Cn1cncc1-c1ncc(Cl)c(C(=O)N[C@H]2CC[C@H](OC(F)(F)F)CC2)n1. The quantitative estimate of drug-likeness (QED) is 0.848. The van der Waals surface area contributed by atoms with Crippen molar-refractivity contribution in [1.29, 1.82) is 0 Å². The molecule has 1 saturated carbocycles. The Morgan fingerprint density at radius 1 is 1.30 bits per heavy atom. The van der Waals surface area contributed by atoms with Crippen molar-refractivity contribution in [2.75, 3.05) is 0 Å². The van der Waals surface area contributed by atoms with Crippen LogP contribution in [0.5, 0.6) is 0 Å². The number of aromatic nitrogens is 4. The number of hydrogen-bond acceptors (Lipinski definition) is 5. The first kappa shape index (κ1) is 19.6. The summed E-state index contributed by atoms with van der Waals surface area (Å²) in [6, 6.07) is -0.267. The number of halogens is 4. The molecule has 0 aromatic carbocycles. The molecule has 1 aliphatic carbocycles. The Labute approximate surface area is 157 Å². The Bertz CT molecular complexity index is 819. The maximum Gasteiger partial charge on any atom is 0.522 e. The number of nitrogens with zero attached hydrogens (tertiary/aromatic N) is 4. The largest absolute Gasteiger partial charge is 0.522 e. The van der Waals surface area contributed by atoms with Crippen LogP contribution in [0, 0.1) is 0 Å². The summed E-state index contributed by atoms with van der Waals surface area (Å²) >= 11 is 6.05. The molecular formula is C16H17ClF3N5O2. The van der Waals surface area contributed by atoms with Gasteiger partial charge < -0.3 is 9.88 Å². The fraction of sp³-hybridized carbons (Fsp3) is 0.500. The number of alkyl halides is 3. The van der Waals surface area contributed by atoms with E-state index in [1.807, 2.05) is 0 Å². The van der Waals surface area contributed by atoms with Crippen molar-refractivity contribution < 1.29 is 22.7 Å². The van der Waals surface area contributed by atoms with E-state index >= 15 is 0 Å². The maximum absolute atomic E-state index is 12.5. The van der Waals surface area contributed by atoms with Gasteiger partial charge in [0, 0.05) is 13.1 Å². The lowest BCUT2D eigenvalue weighted by Gasteiger charge is -2.29. The first-order chi connectivity index (χ1) is 12.7. The molecule has 1 fully saturated rings. The second-order valence-corrected chi connectivity index (χ2v) is 6.70. The van der Waals surface area contributed by atoms with Crippen molar-refractivity contribution in [3.05, 3.63) is 29.4 Å². The molecular weight excluding hydrogens is 387 g/mol. The lowest BCUT2D eigenvalue weighted by molar-refractivity contribution is -0.345. The van der Waals surface area contributed by atoms with E-state index in [-0.39, 0.29) is 29.6 Å². The van der Waals surface area contributed by atoms with Gasteiger partial charge in [-0.15, -0.1) is 13.2 Å². The van der Waals surface area contributed by atoms with Gasteiger partial charge in [-0.05, 0) is 25.7 Å². The third-order valence-corrected chi connectivity index (χ3v) is 4.59. The van der Waals surface area contributed by atoms with Gasteiger partial charge in [0.25, 0.3) is 5.91 Å². The number of aryl methyl sites for hydroxylation is 1. The molecule has 1 amide bonds. The Hall–Kier alpha value is -2.20. The number of amides is 1. The third kappa shape index (κ3) is 4.95. The standard InChI is InChI=1S/C16H17ClF3N5O2/c1-25-8-21-7-12(25)14-22-6-11(17)13(24-14)15(26)23-9-2-4-10(5-3-9)27-16(18,19)20/h6-10H,2-5H2,1H3,(H,23,26)/t9-,10-. The molecule has 1 N–H and O–H groups in total. The summed E-state index contributed by atoms with van der Waals surface area (Å²) in [7, 11) is 1.77. The highest BCUT2D eigenvalue weighted by atomic mass is 35.5. The van der Waals surface area contributed by atoms with Gasteiger partial charge in [-0.2, -0.15) is 0 Å². The van der Waals surface area contributed by atoms with E-state index in [1.54, 1.807) is 24.1 Å². The number of imidazole rings is 1. The van der Waals surface area contributed by atoms with Gasteiger partial charge in [0.05, 0.1) is 29.8 Å². The Morgan fingerprint density at radius 2 is 2.00 bits per heavy atom.